The van der Waals surface area contributed by atoms with E-state index in [9.17, 15) is 4.79 Å². The summed E-state index contributed by atoms with van der Waals surface area (Å²) in [5, 5.41) is 5.49. The predicted octanol–water partition coefficient (Wildman–Crippen LogP) is 2.38. The first-order valence-corrected chi connectivity index (χ1v) is 6.60. The van der Waals surface area contributed by atoms with E-state index in [4.69, 9.17) is 0 Å². The molecule has 104 valence electrons. The lowest BCUT2D eigenvalue weighted by Gasteiger charge is -1.98. The van der Waals surface area contributed by atoms with Crippen molar-refractivity contribution < 1.29 is 0 Å². The highest BCUT2D eigenvalue weighted by Crippen LogP contribution is 2.17. The molecule has 0 aliphatic heterocycles. The monoisotopic (exact) mass is 278 g/mol. The normalized spacial score (nSPS) is 11.0. The molecule has 5 nitrogen and oxygen atoms in total. The van der Waals surface area contributed by atoms with Crippen LogP contribution in [0.1, 0.15) is 11.3 Å². The van der Waals surface area contributed by atoms with Gasteiger partial charge in [0.25, 0.3) is 5.56 Å². The van der Waals surface area contributed by atoms with Crippen LogP contribution in [-0.4, -0.2) is 21.4 Å². The Morgan fingerprint density at radius 1 is 1.05 bits per heavy atom. The maximum absolute atomic E-state index is 11.9. The highest BCUT2D eigenvalue weighted by molar-refractivity contribution is 5.88. The molecule has 0 aliphatic rings. The second-order valence-electron chi connectivity index (χ2n) is 4.52. The van der Waals surface area contributed by atoms with Crippen LogP contribution in [0.15, 0.2) is 64.5 Å². The van der Waals surface area contributed by atoms with Crippen molar-refractivity contribution >= 4 is 6.21 Å². The molecule has 1 aromatic carbocycles. The predicted molar refractivity (Wildman–Crippen MR) is 82.4 cm³/mol. The van der Waals surface area contributed by atoms with E-state index >= 15 is 0 Å². The zero-order valence-electron chi connectivity index (χ0n) is 11.3. The van der Waals surface area contributed by atoms with E-state index in [1.54, 1.807) is 12.4 Å². The van der Waals surface area contributed by atoms with Crippen LogP contribution >= 0.6 is 0 Å². The van der Waals surface area contributed by atoms with E-state index in [0.717, 1.165) is 17.0 Å². The number of nitrogens with zero attached hydrogens (tertiary/aromatic N) is 2. The summed E-state index contributed by atoms with van der Waals surface area (Å²) in [5.74, 6) is 0. The van der Waals surface area contributed by atoms with Gasteiger partial charge >= 0.3 is 0 Å². The van der Waals surface area contributed by atoms with Gasteiger partial charge in [-0.05, 0) is 12.1 Å². The summed E-state index contributed by atoms with van der Waals surface area (Å²) in [5.41, 5.74) is 2.89. The van der Waals surface area contributed by atoms with Gasteiger partial charge in [0.05, 0.1) is 23.5 Å². The van der Waals surface area contributed by atoms with Crippen molar-refractivity contribution in [1.82, 2.24) is 15.2 Å². The van der Waals surface area contributed by atoms with Gasteiger partial charge in [0.2, 0.25) is 0 Å². The Morgan fingerprint density at radius 2 is 1.86 bits per heavy atom. The van der Waals surface area contributed by atoms with E-state index in [0.29, 0.717) is 12.1 Å². The topological polar surface area (TPSA) is 73.9 Å². The van der Waals surface area contributed by atoms with E-state index in [2.05, 4.69) is 20.2 Å². The minimum Gasteiger partial charge on any atom is -0.297 e. The van der Waals surface area contributed by atoms with Crippen molar-refractivity contribution in [1.29, 1.82) is 0 Å². The molecule has 5 heteroatoms. The second-order valence-corrected chi connectivity index (χ2v) is 4.52. The lowest BCUT2D eigenvalue weighted by atomic mass is 10.1. The van der Waals surface area contributed by atoms with Gasteiger partial charge in [-0.1, -0.05) is 36.4 Å². The highest BCUT2D eigenvalue weighted by Gasteiger charge is 2.09. The van der Waals surface area contributed by atoms with E-state index < -0.39 is 0 Å². The third-order valence-corrected chi connectivity index (χ3v) is 3.08. The zero-order valence-corrected chi connectivity index (χ0v) is 11.3. The number of rotatable bonds is 4. The fraction of sp³-hybridized carbons (Fsp3) is 0.0625. The molecule has 2 heterocycles. The Labute approximate surface area is 121 Å². The molecule has 0 unspecified atom stereocenters. The molecule has 0 spiro atoms. The number of hydrogen-bond acceptors (Lipinski definition) is 3. The lowest BCUT2D eigenvalue weighted by Crippen LogP contribution is -2.05. The van der Waals surface area contributed by atoms with E-state index in [1.165, 1.54) is 0 Å². The van der Waals surface area contributed by atoms with Gasteiger partial charge in [0, 0.05) is 18.0 Å². The van der Waals surface area contributed by atoms with Gasteiger partial charge in [-0.2, -0.15) is 0 Å². The third kappa shape index (κ3) is 2.97. The second kappa shape index (κ2) is 6.00. The molecule has 2 aromatic heterocycles. The average Bonchev–Trinajstić information content (AvgIpc) is 2.91. The van der Waals surface area contributed by atoms with Crippen LogP contribution in [0, 0.1) is 0 Å². The quantitative estimate of drug-likeness (QED) is 0.719. The first-order valence-electron chi connectivity index (χ1n) is 6.60. The Morgan fingerprint density at radius 3 is 2.62 bits per heavy atom. The summed E-state index contributed by atoms with van der Waals surface area (Å²) in [6, 6.07) is 15.3. The molecule has 0 saturated carbocycles. The maximum atomic E-state index is 11.9. The van der Waals surface area contributed by atoms with Gasteiger partial charge in [-0.25, -0.2) is 0 Å². The summed E-state index contributed by atoms with van der Waals surface area (Å²) in [7, 11) is 0. The van der Waals surface area contributed by atoms with Crippen molar-refractivity contribution in [2.24, 2.45) is 4.99 Å². The molecule has 3 aromatic rings. The maximum Gasteiger partial charge on any atom is 0.273 e. The number of aromatic nitrogens is 3. The van der Waals surface area contributed by atoms with Crippen LogP contribution in [0.4, 0.5) is 0 Å². The number of aromatic amines is 2. The summed E-state index contributed by atoms with van der Waals surface area (Å²) in [6.45, 7) is 0.444. The molecule has 3 rings (SSSR count). The number of aliphatic imine (C=N–C) groups is 1. The standard InChI is InChI=1S/C16H14N4O/c21-16-14(11-17-10-13-8-4-5-9-18-13)15(19-20-16)12-6-2-1-3-7-12/h1-9,11H,10H2,(H2,19,20,21). The SMILES string of the molecule is O=c1[nH][nH]c(-c2ccccc2)c1C=NCc1ccccn1. The molecular weight excluding hydrogens is 264 g/mol. The van der Waals surface area contributed by atoms with E-state index in [1.807, 2.05) is 48.5 Å². The fourth-order valence-corrected chi connectivity index (χ4v) is 2.05. The Kier molecular flexibility index (Phi) is 3.73. The third-order valence-electron chi connectivity index (χ3n) is 3.08. The summed E-state index contributed by atoms with van der Waals surface area (Å²) in [4.78, 5) is 20.4. The number of benzene rings is 1. The van der Waals surface area contributed by atoms with Crippen molar-refractivity contribution in [3.63, 3.8) is 0 Å². The molecule has 0 saturated heterocycles. The highest BCUT2D eigenvalue weighted by atomic mass is 16.1. The zero-order chi connectivity index (χ0) is 14.5. The van der Waals surface area contributed by atoms with Crippen LogP contribution in [0.25, 0.3) is 11.3 Å². The van der Waals surface area contributed by atoms with Crippen molar-refractivity contribution in [3.8, 4) is 11.3 Å². The molecular formula is C16H14N4O. The number of hydrogen-bond donors (Lipinski definition) is 2. The van der Waals surface area contributed by atoms with Crippen LogP contribution in [-0.2, 0) is 6.54 Å². The smallest absolute Gasteiger partial charge is 0.273 e. The lowest BCUT2D eigenvalue weighted by molar-refractivity contribution is 0.995. The van der Waals surface area contributed by atoms with Crippen LogP contribution < -0.4 is 5.56 Å². The molecule has 0 atom stereocenters. The minimum atomic E-state index is -0.182. The Bertz CT molecular complexity index is 788. The fourth-order valence-electron chi connectivity index (χ4n) is 2.05. The first kappa shape index (κ1) is 13.1. The van der Waals surface area contributed by atoms with E-state index in [-0.39, 0.29) is 5.56 Å². The summed E-state index contributed by atoms with van der Waals surface area (Å²) in [6.07, 6.45) is 3.32. The summed E-state index contributed by atoms with van der Waals surface area (Å²) >= 11 is 0. The van der Waals surface area contributed by atoms with Gasteiger partial charge in [0.1, 0.15) is 0 Å². The molecule has 0 aliphatic carbocycles. The van der Waals surface area contributed by atoms with Crippen molar-refractivity contribution in [2.75, 3.05) is 0 Å². The summed E-state index contributed by atoms with van der Waals surface area (Å²) < 4.78 is 0. The molecule has 0 bridgehead atoms. The van der Waals surface area contributed by atoms with Gasteiger partial charge < -0.3 is 0 Å². The van der Waals surface area contributed by atoms with Crippen LogP contribution in [0.5, 0.6) is 0 Å². The number of H-pyrrole nitrogens is 2. The Hall–Kier alpha value is -2.95. The van der Waals surface area contributed by atoms with Gasteiger partial charge in [-0.3, -0.25) is 25.0 Å². The van der Waals surface area contributed by atoms with Crippen molar-refractivity contribution in [3.05, 3.63) is 76.3 Å². The van der Waals surface area contributed by atoms with Crippen LogP contribution in [0.3, 0.4) is 0 Å². The average molecular weight is 278 g/mol. The van der Waals surface area contributed by atoms with Crippen LogP contribution in [0.2, 0.25) is 0 Å². The largest absolute Gasteiger partial charge is 0.297 e. The first-order chi connectivity index (χ1) is 10.3. The molecule has 0 radical (unpaired) electrons. The van der Waals surface area contributed by atoms with Crippen molar-refractivity contribution in [2.45, 2.75) is 6.54 Å². The Balaban J connectivity index is 1.86. The molecule has 0 fully saturated rings. The number of pyridine rings is 1. The minimum absolute atomic E-state index is 0.182. The van der Waals surface area contributed by atoms with Gasteiger partial charge in [-0.15, -0.1) is 0 Å². The molecule has 21 heavy (non-hydrogen) atoms. The molecule has 0 amide bonds. The number of nitrogens with one attached hydrogen (secondary N) is 2. The molecule has 2 N–H and O–H groups in total. The van der Waals surface area contributed by atoms with Gasteiger partial charge in [0.15, 0.2) is 0 Å².